The van der Waals surface area contributed by atoms with Gasteiger partial charge >= 0.3 is 0 Å². The van der Waals surface area contributed by atoms with Gasteiger partial charge in [0.15, 0.2) is 5.66 Å². The van der Waals surface area contributed by atoms with Crippen molar-refractivity contribution in [3.05, 3.63) is 59.2 Å². The summed E-state index contributed by atoms with van der Waals surface area (Å²) in [6, 6.07) is 11.7. The summed E-state index contributed by atoms with van der Waals surface area (Å²) in [6.45, 7) is 4.79. The lowest BCUT2D eigenvalue weighted by Gasteiger charge is -2.23. The maximum absolute atomic E-state index is 13.0. The van der Waals surface area contributed by atoms with Crippen molar-refractivity contribution in [3.63, 3.8) is 0 Å². The Kier molecular flexibility index (Phi) is 6.15. The van der Waals surface area contributed by atoms with Gasteiger partial charge < -0.3 is 4.90 Å². The van der Waals surface area contributed by atoms with E-state index in [-0.39, 0.29) is 5.91 Å². The molecule has 0 N–H and O–H groups in total. The molecular formula is C22H25N5O. The predicted octanol–water partition coefficient (Wildman–Crippen LogP) is 3.98. The predicted molar refractivity (Wildman–Crippen MR) is 107 cm³/mol. The molecule has 3 heterocycles. The Morgan fingerprint density at radius 1 is 1.00 bits per heavy atom. The highest BCUT2D eigenvalue weighted by molar-refractivity contribution is 5.76. The van der Waals surface area contributed by atoms with Gasteiger partial charge in [0.05, 0.1) is 24.5 Å². The summed E-state index contributed by atoms with van der Waals surface area (Å²) in [6.07, 6.45) is 7.62. The lowest BCUT2D eigenvalue weighted by Crippen LogP contribution is -2.31. The first kappa shape index (κ1) is 19.7. The zero-order valence-corrected chi connectivity index (χ0v) is 16.4. The molecule has 1 amide bonds. The Bertz CT molecular complexity index is 862. The first-order valence-electron chi connectivity index (χ1n) is 9.50. The van der Waals surface area contributed by atoms with E-state index in [2.05, 4.69) is 26.1 Å². The Hall–Kier alpha value is -3.07. The molecule has 0 atom stereocenters. The zero-order chi connectivity index (χ0) is 20.0. The number of rotatable bonds is 9. The van der Waals surface area contributed by atoms with Crippen LogP contribution < -0.4 is 0 Å². The van der Waals surface area contributed by atoms with Crippen LogP contribution in [0, 0.1) is 26.2 Å². The summed E-state index contributed by atoms with van der Waals surface area (Å²) >= 11 is 0. The van der Waals surface area contributed by atoms with Crippen LogP contribution in [0.5, 0.6) is 0 Å². The number of carbonyl (C=O) groups excluding carboxylic acids is 1. The molecule has 0 aromatic carbocycles. The number of hydrogen-bond donors (Lipinski definition) is 0. The molecule has 28 heavy (non-hydrogen) atoms. The number of aromatic nitrogens is 2. The van der Waals surface area contributed by atoms with Gasteiger partial charge in [0.1, 0.15) is 0 Å². The summed E-state index contributed by atoms with van der Waals surface area (Å²) < 4.78 is 0. The highest BCUT2D eigenvalue weighted by atomic mass is 16.2. The van der Waals surface area contributed by atoms with Crippen molar-refractivity contribution in [1.82, 2.24) is 14.9 Å². The fourth-order valence-corrected chi connectivity index (χ4v) is 3.13. The molecule has 0 aliphatic carbocycles. The van der Waals surface area contributed by atoms with E-state index in [1.54, 1.807) is 4.90 Å². The molecule has 2 aromatic rings. The molecule has 0 bridgehead atoms. The molecule has 0 fully saturated rings. The normalized spacial score (nSPS) is 13.8. The minimum Gasteiger partial charge on any atom is -0.331 e. The molecule has 6 nitrogen and oxygen atoms in total. The molecule has 3 rings (SSSR count). The number of amides is 1. The Morgan fingerprint density at radius 2 is 1.57 bits per heavy atom. The third-order valence-electron chi connectivity index (χ3n) is 4.74. The number of pyridine rings is 2. The number of aryl methyl sites for hydroxylation is 2. The minimum atomic E-state index is -0.448. The topological polar surface area (TPSA) is 70.8 Å². The monoisotopic (exact) mass is 375 g/mol. The third-order valence-corrected chi connectivity index (χ3v) is 4.74. The molecule has 1 aliphatic heterocycles. The standard InChI is InChI=1S/C22H25N5O/c1-4-5-13-22(25-26-22)14-12-21(28)27(15-19-10-6-8-17(2)23-19)16-20-11-7-9-18(3)24-20/h1,6-11H,5,12-16H2,2-3H3. The largest absolute Gasteiger partial charge is 0.331 e. The first-order valence-corrected chi connectivity index (χ1v) is 9.50. The van der Waals surface area contributed by atoms with Crippen molar-refractivity contribution in [2.24, 2.45) is 10.2 Å². The van der Waals surface area contributed by atoms with Gasteiger partial charge in [0.2, 0.25) is 5.91 Å². The second kappa shape index (κ2) is 8.75. The van der Waals surface area contributed by atoms with Crippen molar-refractivity contribution < 1.29 is 4.79 Å². The van der Waals surface area contributed by atoms with Gasteiger partial charge in [-0.05, 0) is 38.1 Å². The van der Waals surface area contributed by atoms with Crippen molar-refractivity contribution in [1.29, 1.82) is 0 Å². The van der Waals surface area contributed by atoms with Crippen molar-refractivity contribution >= 4 is 5.91 Å². The molecule has 6 heteroatoms. The minimum absolute atomic E-state index is 0.0454. The Morgan fingerprint density at radius 3 is 2.04 bits per heavy atom. The average Bonchev–Trinajstić information content (AvgIpc) is 3.44. The van der Waals surface area contributed by atoms with Gasteiger partial charge in [-0.1, -0.05) is 12.1 Å². The summed E-state index contributed by atoms with van der Waals surface area (Å²) in [4.78, 5) is 23.9. The van der Waals surface area contributed by atoms with Crippen molar-refractivity contribution in [2.75, 3.05) is 0 Å². The van der Waals surface area contributed by atoms with E-state index in [0.29, 0.717) is 38.8 Å². The van der Waals surface area contributed by atoms with E-state index in [4.69, 9.17) is 6.42 Å². The van der Waals surface area contributed by atoms with E-state index in [9.17, 15) is 4.79 Å². The molecule has 2 aromatic heterocycles. The molecule has 0 spiro atoms. The van der Waals surface area contributed by atoms with E-state index in [1.807, 2.05) is 50.2 Å². The van der Waals surface area contributed by atoms with Gasteiger partial charge in [0, 0.05) is 37.1 Å². The van der Waals surface area contributed by atoms with E-state index in [1.165, 1.54) is 0 Å². The number of carbonyl (C=O) groups is 1. The molecular weight excluding hydrogens is 350 g/mol. The second-order valence-electron chi connectivity index (χ2n) is 7.18. The third kappa shape index (κ3) is 5.46. The fraction of sp³-hybridized carbons (Fsp3) is 0.409. The highest BCUT2D eigenvalue weighted by Crippen LogP contribution is 2.37. The maximum atomic E-state index is 13.0. The molecule has 1 aliphatic rings. The molecule has 0 saturated heterocycles. The molecule has 0 radical (unpaired) electrons. The van der Waals surface area contributed by atoms with Crippen LogP contribution in [0.2, 0.25) is 0 Å². The van der Waals surface area contributed by atoms with Crippen LogP contribution in [0.3, 0.4) is 0 Å². The van der Waals surface area contributed by atoms with Crippen LogP contribution in [0.15, 0.2) is 46.6 Å². The van der Waals surface area contributed by atoms with E-state index < -0.39 is 5.66 Å². The zero-order valence-electron chi connectivity index (χ0n) is 16.4. The average molecular weight is 375 g/mol. The van der Waals surface area contributed by atoms with Crippen LogP contribution in [0.4, 0.5) is 0 Å². The summed E-state index contributed by atoms with van der Waals surface area (Å²) in [5, 5.41) is 8.26. The quantitative estimate of drug-likeness (QED) is 0.623. The van der Waals surface area contributed by atoms with E-state index >= 15 is 0 Å². The van der Waals surface area contributed by atoms with Crippen LogP contribution >= 0.6 is 0 Å². The highest BCUT2D eigenvalue weighted by Gasteiger charge is 2.39. The van der Waals surface area contributed by atoms with Gasteiger partial charge in [-0.2, -0.15) is 10.2 Å². The van der Waals surface area contributed by atoms with Crippen LogP contribution in [0.25, 0.3) is 0 Å². The van der Waals surface area contributed by atoms with Crippen molar-refractivity contribution in [2.45, 2.75) is 58.3 Å². The van der Waals surface area contributed by atoms with Gasteiger partial charge in [-0.3, -0.25) is 14.8 Å². The van der Waals surface area contributed by atoms with Crippen LogP contribution in [-0.2, 0) is 17.9 Å². The second-order valence-corrected chi connectivity index (χ2v) is 7.18. The lowest BCUT2D eigenvalue weighted by molar-refractivity contribution is -0.132. The van der Waals surface area contributed by atoms with Gasteiger partial charge in [-0.25, -0.2) is 0 Å². The van der Waals surface area contributed by atoms with E-state index in [0.717, 1.165) is 22.8 Å². The van der Waals surface area contributed by atoms with Gasteiger partial charge in [-0.15, -0.1) is 12.3 Å². The van der Waals surface area contributed by atoms with Crippen LogP contribution in [-0.4, -0.2) is 26.4 Å². The molecule has 0 saturated carbocycles. The van der Waals surface area contributed by atoms with Gasteiger partial charge in [0.25, 0.3) is 0 Å². The van der Waals surface area contributed by atoms with Crippen molar-refractivity contribution in [3.8, 4) is 12.3 Å². The number of nitrogens with zero attached hydrogens (tertiary/aromatic N) is 5. The SMILES string of the molecule is C#CCCC1(CCC(=O)N(Cc2cccc(C)n2)Cc2cccc(C)n2)N=N1. The molecule has 0 unspecified atom stereocenters. The summed E-state index contributed by atoms with van der Waals surface area (Å²) in [5.74, 6) is 2.66. The first-order chi connectivity index (χ1) is 13.5. The fourth-order valence-electron chi connectivity index (χ4n) is 3.13. The summed E-state index contributed by atoms with van der Waals surface area (Å²) in [7, 11) is 0. The lowest BCUT2D eigenvalue weighted by atomic mass is 10.0. The Balaban J connectivity index is 1.69. The smallest absolute Gasteiger partial charge is 0.223 e. The summed E-state index contributed by atoms with van der Waals surface area (Å²) in [5.41, 5.74) is 3.15. The number of terminal acetylenes is 1. The Labute approximate surface area is 166 Å². The number of hydrogen-bond acceptors (Lipinski definition) is 5. The maximum Gasteiger partial charge on any atom is 0.223 e. The van der Waals surface area contributed by atoms with Crippen LogP contribution in [0.1, 0.15) is 48.5 Å². The molecule has 144 valence electrons.